The van der Waals surface area contributed by atoms with E-state index in [-0.39, 0.29) is 33.7 Å². The molecule has 0 saturated heterocycles. The molecule has 34 heavy (non-hydrogen) atoms. The van der Waals surface area contributed by atoms with E-state index >= 15 is 0 Å². The van der Waals surface area contributed by atoms with Crippen molar-refractivity contribution < 1.29 is 24.0 Å². The van der Waals surface area contributed by atoms with Crippen molar-refractivity contribution in [3.63, 3.8) is 0 Å². The third kappa shape index (κ3) is 4.40. The largest absolute Gasteiger partial charge is 0.452 e. The third-order valence-electron chi connectivity index (χ3n) is 5.60. The molecule has 1 heterocycles. The van der Waals surface area contributed by atoms with Crippen LogP contribution in [0.5, 0.6) is 0 Å². The first-order valence-corrected chi connectivity index (χ1v) is 10.8. The number of nitrogens with zero attached hydrogens (tertiary/aromatic N) is 2. The summed E-state index contributed by atoms with van der Waals surface area (Å²) in [6, 6.07) is 17.1. The lowest BCUT2D eigenvalue weighted by atomic mass is 9.98. The number of fused-ring (bicyclic) bond motifs is 1. The van der Waals surface area contributed by atoms with E-state index in [9.17, 15) is 24.5 Å². The van der Waals surface area contributed by atoms with Crippen molar-refractivity contribution >= 4 is 40.6 Å². The lowest BCUT2D eigenvalue weighted by molar-refractivity contribution is -0.384. The van der Waals surface area contributed by atoms with Gasteiger partial charge < -0.3 is 9.64 Å². The summed E-state index contributed by atoms with van der Waals surface area (Å²) in [7, 11) is 0. The summed E-state index contributed by atoms with van der Waals surface area (Å²) in [5, 5.41) is 11.1. The molecule has 8 nitrogen and oxygen atoms in total. The Hall–Kier alpha value is -4.04. The van der Waals surface area contributed by atoms with Crippen LogP contribution in [0.2, 0.25) is 5.02 Å². The average molecular weight is 479 g/mol. The van der Waals surface area contributed by atoms with Gasteiger partial charge in [0.05, 0.1) is 10.5 Å². The number of nitro benzene ring substituents is 1. The zero-order chi connectivity index (χ0) is 24.4. The number of hydrogen-bond acceptors (Lipinski definition) is 6. The van der Waals surface area contributed by atoms with E-state index in [1.165, 1.54) is 24.3 Å². The summed E-state index contributed by atoms with van der Waals surface area (Å²) < 4.78 is 5.26. The van der Waals surface area contributed by atoms with Crippen LogP contribution < -0.4 is 4.90 Å². The van der Waals surface area contributed by atoms with Crippen LogP contribution in [0.3, 0.4) is 0 Å². The Bertz CT molecular complexity index is 1320. The Morgan fingerprint density at radius 2 is 1.74 bits per heavy atom. The van der Waals surface area contributed by atoms with E-state index in [2.05, 4.69) is 0 Å². The number of nitro groups is 1. The summed E-state index contributed by atoms with van der Waals surface area (Å²) in [6.45, 7) is 1.42. The minimum absolute atomic E-state index is 0.00328. The number of ether oxygens (including phenoxy) is 1. The lowest BCUT2D eigenvalue weighted by Crippen LogP contribution is -2.38. The van der Waals surface area contributed by atoms with Crippen molar-refractivity contribution in [2.24, 2.45) is 0 Å². The van der Waals surface area contributed by atoms with Crippen LogP contribution in [0.15, 0.2) is 66.7 Å². The molecule has 1 amide bonds. The molecule has 3 aromatic rings. The predicted octanol–water partition coefficient (Wildman–Crippen LogP) is 4.61. The SMILES string of the molecule is CC1Cc2ccccc2N1C(=O)COC(=O)c1ccccc1C(=O)c1ccc(Cl)c([N+](=O)[O-])c1. The molecule has 4 rings (SSSR count). The van der Waals surface area contributed by atoms with Crippen molar-refractivity contribution in [1.29, 1.82) is 0 Å². The highest BCUT2D eigenvalue weighted by Crippen LogP contribution is 2.32. The molecule has 0 spiro atoms. The first kappa shape index (κ1) is 23.1. The molecule has 0 aliphatic carbocycles. The average Bonchev–Trinajstić information content (AvgIpc) is 3.17. The van der Waals surface area contributed by atoms with Gasteiger partial charge in [-0.05, 0) is 43.2 Å². The van der Waals surface area contributed by atoms with Gasteiger partial charge in [-0.25, -0.2) is 4.79 Å². The number of esters is 1. The molecule has 0 N–H and O–H groups in total. The molecule has 1 aliphatic rings. The second-order valence-corrected chi connectivity index (χ2v) is 8.23. The van der Waals surface area contributed by atoms with Gasteiger partial charge in [-0.15, -0.1) is 0 Å². The Morgan fingerprint density at radius 3 is 2.47 bits per heavy atom. The highest BCUT2D eigenvalue weighted by molar-refractivity contribution is 6.33. The summed E-state index contributed by atoms with van der Waals surface area (Å²) >= 11 is 5.83. The van der Waals surface area contributed by atoms with E-state index in [4.69, 9.17) is 16.3 Å². The summed E-state index contributed by atoms with van der Waals surface area (Å²) in [5.41, 5.74) is 1.36. The number of anilines is 1. The number of rotatable bonds is 6. The van der Waals surface area contributed by atoms with Crippen molar-refractivity contribution in [1.82, 2.24) is 0 Å². The highest BCUT2D eigenvalue weighted by Gasteiger charge is 2.31. The molecule has 0 radical (unpaired) electrons. The number of hydrogen-bond donors (Lipinski definition) is 0. The van der Waals surface area contributed by atoms with Gasteiger partial charge in [0.25, 0.3) is 11.6 Å². The maximum Gasteiger partial charge on any atom is 0.339 e. The summed E-state index contributed by atoms with van der Waals surface area (Å²) in [4.78, 5) is 50.7. The van der Waals surface area contributed by atoms with E-state index in [1.807, 2.05) is 31.2 Å². The van der Waals surface area contributed by atoms with Crippen LogP contribution in [-0.2, 0) is 16.0 Å². The van der Waals surface area contributed by atoms with Gasteiger partial charge >= 0.3 is 5.97 Å². The Morgan fingerprint density at radius 1 is 1.06 bits per heavy atom. The second kappa shape index (κ2) is 9.44. The maximum absolute atomic E-state index is 13.0. The molecule has 1 aliphatic heterocycles. The van der Waals surface area contributed by atoms with Crippen LogP contribution in [0.25, 0.3) is 0 Å². The fourth-order valence-corrected chi connectivity index (χ4v) is 4.22. The summed E-state index contributed by atoms with van der Waals surface area (Å²) in [5.74, 6) is -1.83. The zero-order valence-corrected chi connectivity index (χ0v) is 18.8. The number of carbonyl (C=O) groups excluding carboxylic acids is 3. The van der Waals surface area contributed by atoms with Gasteiger partial charge in [-0.2, -0.15) is 0 Å². The van der Waals surface area contributed by atoms with Crippen LogP contribution in [-0.4, -0.2) is 35.2 Å². The quantitative estimate of drug-likeness (QED) is 0.221. The molecule has 0 fully saturated rings. The van der Waals surface area contributed by atoms with Gasteiger partial charge in [0.2, 0.25) is 0 Å². The topological polar surface area (TPSA) is 107 Å². The molecule has 0 bridgehead atoms. The first-order valence-electron chi connectivity index (χ1n) is 10.4. The van der Waals surface area contributed by atoms with E-state index in [0.717, 1.165) is 17.3 Å². The van der Waals surface area contributed by atoms with Gasteiger partial charge in [-0.3, -0.25) is 19.7 Å². The number of carbonyl (C=O) groups is 3. The predicted molar refractivity (Wildman–Crippen MR) is 125 cm³/mol. The number of benzene rings is 3. The van der Waals surface area contributed by atoms with Crippen molar-refractivity contribution in [3.05, 3.63) is 104 Å². The molecule has 172 valence electrons. The van der Waals surface area contributed by atoms with Gasteiger partial charge in [0, 0.05) is 28.9 Å². The number of amides is 1. The van der Waals surface area contributed by atoms with Crippen LogP contribution in [0, 0.1) is 10.1 Å². The third-order valence-corrected chi connectivity index (χ3v) is 5.92. The molecule has 0 saturated carbocycles. The molecule has 0 aromatic heterocycles. The Balaban J connectivity index is 1.52. The van der Waals surface area contributed by atoms with Gasteiger partial charge in [0.15, 0.2) is 12.4 Å². The molecular weight excluding hydrogens is 460 g/mol. The molecular formula is C25H19ClN2O6. The fourth-order valence-electron chi connectivity index (χ4n) is 4.03. The van der Waals surface area contributed by atoms with Crippen LogP contribution in [0.1, 0.15) is 38.8 Å². The Kier molecular flexibility index (Phi) is 6.43. The zero-order valence-electron chi connectivity index (χ0n) is 18.1. The van der Waals surface area contributed by atoms with E-state index in [0.29, 0.717) is 6.42 Å². The highest BCUT2D eigenvalue weighted by atomic mass is 35.5. The molecule has 9 heteroatoms. The molecule has 1 unspecified atom stereocenters. The number of para-hydroxylation sites is 1. The fraction of sp³-hybridized carbons (Fsp3) is 0.160. The van der Waals surface area contributed by atoms with Gasteiger partial charge in [0.1, 0.15) is 5.02 Å². The van der Waals surface area contributed by atoms with E-state index < -0.39 is 29.0 Å². The molecule has 1 atom stereocenters. The molecule has 3 aromatic carbocycles. The minimum Gasteiger partial charge on any atom is -0.452 e. The normalized spacial score (nSPS) is 14.4. The number of ketones is 1. The number of halogens is 1. The van der Waals surface area contributed by atoms with Crippen LogP contribution >= 0.6 is 11.6 Å². The Labute approximate surface area is 199 Å². The first-order chi connectivity index (χ1) is 16.3. The monoisotopic (exact) mass is 478 g/mol. The standard InChI is InChI=1S/C25H19ClN2O6/c1-15-12-16-6-2-5-9-21(16)27(15)23(29)14-34-25(31)19-8-4-3-7-18(19)24(30)17-10-11-20(26)22(13-17)28(32)33/h2-11,13,15H,12,14H2,1H3. The minimum atomic E-state index is -0.846. The van der Waals surface area contributed by atoms with Crippen molar-refractivity contribution in [2.45, 2.75) is 19.4 Å². The summed E-state index contributed by atoms with van der Waals surface area (Å²) in [6.07, 6.45) is 0.709. The lowest BCUT2D eigenvalue weighted by Gasteiger charge is -2.22. The van der Waals surface area contributed by atoms with Gasteiger partial charge in [-0.1, -0.05) is 48.0 Å². The van der Waals surface area contributed by atoms with Crippen LogP contribution in [0.4, 0.5) is 11.4 Å². The van der Waals surface area contributed by atoms with E-state index in [1.54, 1.807) is 17.0 Å². The van der Waals surface area contributed by atoms with Crippen molar-refractivity contribution in [2.75, 3.05) is 11.5 Å². The second-order valence-electron chi connectivity index (χ2n) is 7.82. The maximum atomic E-state index is 13.0. The van der Waals surface area contributed by atoms with Crippen molar-refractivity contribution in [3.8, 4) is 0 Å². The smallest absolute Gasteiger partial charge is 0.339 e.